The van der Waals surface area contributed by atoms with Crippen LogP contribution in [0.2, 0.25) is 0 Å². The fraction of sp³-hybridized carbons (Fsp3) is 0.438. The second kappa shape index (κ2) is 6.98. The number of nitrogens with zero attached hydrogens (tertiary/aromatic N) is 1. The minimum absolute atomic E-state index is 0. The van der Waals surface area contributed by atoms with Crippen molar-refractivity contribution in [2.24, 2.45) is 0 Å². The van der Waals surface area contributed by atoms with Crippen LogP contribution in [-0.4, -0.2) is 31.3 Å². The average molecular weight is 383 g/mol. The van der Waals surface area contributed by atoms with Gasteiger partial charge in [0, 0.05) is 16.9 Å². The highest BCUT2D eigenvalue weighted by atomic mass is 79.9. The SMILES string of the molecule is Br.c1cc2c(cc1-c1csc(C3CCNCC3)n1)OCCO2. The molecule has 4 rings (SSSR count). The summed E-state index contributed by atoms with van der Waals surface area (Å²) in [6.07, 6.45) is 2.38. The molecule has 3 heterocycles. The number of benzene rings is 1. The summed E-state index contributed by atoms with van der Waals surface area (Å²) < 4.78 is 11.2. The van der Waals surface area contributed by atoms with Crippen LogP contribution < -0.4 is 14.8 Å². The molecule has 0 spiro atoms. The highest BCUT2D eigenvalue weighted by Gasteiger charge is 2.19. The van der Waals surface area contributed by atoms with Crippen molar-refractivity contribution in [2.75, 3.05) is 26.3 Å². The van der Waals surface area contributed by atoms with Gasteiger partial charge in [0.2, 0.25) is 0 Å². The van der Waals surface area contributed by atoms with Crippen LogP contribution in [0.15, 0.2) is 23.6 Å². The molecular weight excluding hydrogens is 364 g/mol. The summed E-state index contributed by atoms with van der Waals surface area (Å²) >= 11 is 1.78. The quantitative estimate of drug-likeness (QED) is 0.860. The zero-order valence-electron chi connectivity index (χ0n) is 12.2. The molecule has 118 valence electrons. The summed E-state index contributed by atoms with van der Waals surface area (Å²) in [7, 11) is 0. The van der Waals surface area contributed by atoms with Crippen molar-refractivity contribution in [1.82, 2.24) is 10.3 Å². The van der Waals surface area contributed by atoms with Gasteiger partial charge in [-0.05, 0) is 44.1 Å². The van der Waals surface area contributed by atoms with E-state index in [0.717, 1.165) is 35.8 Å². The van der Waals surface area contributed by atoms with Gasteiger partial charge in [0.05, 0.1) is 10.7 Å². The fourth-order valence-electron chi connectivity index (χ4n) is 2.88. The van der Waals surface area contributed by atoms with E-state index in [0.29, 0.717) is 19.1 Å². The maximum atomic E-state index is 5.65. The highest BCUT2D eigenvalue weighted by Crippen LogP contribution is 2.36. The molecule has 2 aromatic rings. The topological polar surface area (TPSA) is 43.4 Å². The van der Waals surface area contributed by atoms with E-state index < -0.39 is 0 Å². The molecule has 0 atom stereocenters. The van der Waals surface area contributed by atoms with Gasteiger partial charge < -0.3 is 14.8 Å². The van der Waals surface area contributed by atoms with Crippen molar-refractivity contribution in [3.8, 4) is 22.8 Å². The Morgan fingerprint density at radius 2 is 1.86 bits per heavy atom. The van der Waals surface area contributed by atoms with Crippen LogP contribution in [0.1, 0.15) is 23.8 Å². The van der Waals surface area contributed by atoms with Crippen LogP contribution in [0, 0.1) is 0 Å². The van der Waals surface area contributed by atoms with Crippen LogP contribution in [0.4, 0.5) is 0 Å². The van der Waals surface area contributed by atoms with Crippen molar-refractivity contribution < 1.29 is 9.47 Å². The molecule has 2 aliphatic heterocycles. The third-order valence-corrected chi connectivity index (χ3v) is 5.06. The van der Waals surface area contributed by atoms with E-state index in [2.05, 4.69) is 16.8 Å². The van der Waals surface area contributed by atoms with E-state index in [1.54, 1.807) is 11.3 Å². The minimum atomic E-state index is 0. The number of fused-ring (bicyclic) bond motifs is 1. The zero-order chi connectivity index (χ0) is 14.1. The van der Waals surface area contributed by atoms with E-state index in [1.165, 1.54) is 17.8 Å². The Morgan fingerprint density at radius 1 is 1.09 bits per heavy atom. The second-order valence-electron chi connectivity index (χ2n) is 5.45. The van der Waals surface area contributed by atoms with Gasteiger partial charge in [-0.15, -0.1) is 28.3 Å². The summed E-state index contributed by atoms with van der Waals surface area (Å²) in [5.74, 6) is 2.27. The molecule has 1 saturated heterocycles. The Bertz CT molecular complexity index is 641. The summed E-state index contributed by atoms with van der Waals surface area (Å²) in [5.41, 5.74) is 2.15. The van der Waals surface area contributed by atoms with Crippen LogP contribution in [0.3, 0.4) is 0 Å². The van der Waals surface area contributed by atoms with Crippen molar-refractivity contribution in [3.63, 3.8) is 0 Å². The van der Waals surface area contributed by atoms with Crippen LogP contribution in [0.25, 0.3) is 11.3 Å². The third-order valence-electron chi connectivity index (χ3n) is 4.05. The summed E-state index contributed by atoms with van der Waals surface area (Å²) in [5, 5.41) is 6.82. The summed E-state index contributed by atoms with van der Waals surface area (Å²) in [4.78, 5) is 4.85. The Morgan fingerprint density at radius 3 is 2.68 bits per heavy atom. The minimum Gasteiger partial charge on any atom is -0.486 e. The zero-order valence-corrected chi connectivity index (χ0v) is 14.7. The van der Waals surface area contributed by atoms with E-state index in [4.69, 9.17) is 14.5 Å². The third kappa shape index (κ3) is 3.14. The molecular formula is C16H19BrN2O2S. The molecule has 1 aromatic heterocycles. The van der Waals surface area contributed by atoms with Gasteiger partial charge in [0.1, 0.15) is 13.2 Å². The first-order valence-corrected chi connectivity index (χ1v) is 8.34. The summed E-state index contributed by atoms with van der Waals surface area (Å²) in [6.45, 7) is 3.45. The lowest BCUT2D eigenvalue weighted by atomic mass is 9.99. The lowest BCUT2D eigenvalue weighted by Crippen LogP contribution is -2.26. The molecule has 4 nitrogen and oxygen atoms in total. The Labute approximate surface area is 144 Å². The monoisotopic (exact) mass is 382 g/mol. The predicted molar refractivity (Wildman–Crippen MR) is 93.7 cm³/mol. The van der Waals surface area contributed by atoms with E-state index in [-0.39, 0.29) is 17.0 Å². The lowest BCUT2D eigenvalue weighted by molar-refractivity contribution is 0.171. The van der Waals surface area contributed by atoms with Crippen molar-refractivity contribution in [3.05, 3.63) is 28.6 Å². The lowest BCUT2D eigenvalue weighted by Gasteiger charge is -2.20. The standard InChI is InChI=1S/C16H18N2O2S.BrH/c1-2-14-15(20-8-7-19-14)9-12(1)13-10-21-16(18-13)11-3-5-17-6-4-11;/h1-2,9-11,17H,3-8H2;1H. The average Bonchev–Trinajstić information content (AvgIpc) is 3.05. The number of nitrogens with one attached hydrogen (secondary N) is 1. The maximum absolute atomic E-state index is 5.65. The number of rotatable bonds is 2. The molecule has 1 fully saturated rings. The Hall–Kier alpha value is -1.11. The first-order chi connectivity index (χ1) is 10.4. The molecule has 0 unspecified atom stereocenters. The van der Waals surface area contributed by atoms with Gasteiger partial charge >= 0.3 is 0 Å². The number of hydrogen-bond acceptors (Lipinski definition) is 5. The number of halogens is 1. The van der Waals surface area contributed by atoms with Crippen LogP contribution >= 0.6 is 28.3 Å². The van der Waals surface area contributed by atoms with Gasteiger partial charge in [-0.3, -0.25) is 0 Å². The molecule has 22 heavy (non-hydrogen) atoms. The van der Waals surface area contributed by atoms with Gasteiger partial charge in [-0.1, -0.05) is 0 Å². The normalized spacial score (nSPS) is 17.8. The molecule has 0 bridgehead atoms. The van der Waals surface area contributed by atoms with E-state index in [9.17, 15) is 0 Å². The molecule has 1 aromatic carbocycles. The Kier molecular flexibility index (Phi) is 5.00. The first-order valence-electron chi connectivity index (χ1n) is 7.46. The van der Waals surface area contributed by atoms with Crippen molar-refractivity contribution in [1.29, 1.82) is 0 Å². The van der Waals surface area contributed by atoms with Crippen molar-refractivity contribution in [2.45, 2.75) is 18.8 Å². The fourth-order valence-corrected chi connectivity index (χ4v) is 3.88. The number of piperidine rings is 1. The number of hydrogen-bond donors (Lipinski definition) is 1. The highest BCUT2D eigenvalue weighted by molar-refractivity contribution is 8.93. The smallest absolute Gasteiger partial charge is 0.162 e. The van der Waals surface area contributed by atoms with Crippen LogP contribution in [-0.2, 0) is 0 Å². The van der Waals surface area contributed by atoms with Gasteiger partial charge in [-0.2, -0.15) is 0 Å². The molecule has 6 heteroatoms. The molecule has 0 aliphatic carbocycles. The maximum Gasteiger partial charge on any atom is 0.162 e. The molecule has 0 saturated carbocycles. The number of thiazole rings is 1. The molecule has 2 aliphatic rings. The number of ether oxygens (including phenoxy) is 2. The van der Waals surface area contributed by atoms with Gasteiger partial charge in [0.15, 0.2) is 11.5 Å². The van der Waals surface area contributed by atoms with E-state index >= 15 is 0 Å². The summed E-state index contributed by atoms with van der Waals surface area (Å²) in [6, 6.07) is 6.08. The van der Waals surface area contributed by atoms with E-state index in [1.807, 2.05) is 12.1 Å². The molecule has 0 radical (unpaired) electrons. The molecule has 0 amide bonds. The second-order valence-corrected chi connectivity index (χ2v) is 6.34. The predicted octanol–water partition coefficient (Wildman–Crippen LogP) is 3.63. The molecule has 1 N–H and O–H groups in total. The first kappa shape index (κ1) is 15.8. The Balaban J connectivity index is 0.00000144. The number of aromatic nitrogens is 1. The van der Waals surface area contributed by atoms with Gasteiger partial charge in [-0.25, -0.2) is 4.98 Å². The van der Waals surface area contributed by atoms with Crippen molar-refractivity contribution >= 4 is 28.3 Å². The van der Waals surface area contributed by atoms with Crippen LogP contribution in [0.5, 0.6) is 11.5 Å². The largest absolute Gasteiger partial charge is 0.486 e. The van der Waals surface area contributed by atoms with Gasteiger partial charge in [0.25, 0.3) is 0 Å².